The molecule has 4 aromatic carbocycles. The quantitative estimate of drug-likeness (QED) is 0.164. The summed E-state index contributed by atoms with van der Waals surface area (Å²) < 4.78 is 1.65. The molecule has 0 saturated heterocycles. The number of aryl methyl sites for hydroxylation is 1. The van der Waals surface area contributed by atoms with E-state index in [4.69, 9.17) is 16.6 Å². The number of thioether (sulfide) groups is 1. The predicted molar refractivity (Wildman–Crippen MR) is 161 cm³/mol. The Bertz CT molecular complexity index is 1720. The number of nitrogens with zero attached hydrogens (tertiary/aromatic N) is 2. The molecule has 0 saturated carbocycles. The van der Waals surface area contributed by atoms with Crippen LogP contribution in [0.5, 0.6) is 0 Å². The first-order chi connectivity index (χ1) is 18.8. The van der Waals surface area contributed by atoms with Gasteiger partial charge in [0, 0.05) is 10.7 Å². The summed E-state index contributed by atoms with van der Waals surface area (Å²) in [6, 6.07) is 30.1. The maximum absolute atomic E-state index is 14.0. The van der Waals surface area contributed by atoms with E-state index in [0.717, 1.165) is 22.4 Å². The van der Waals surface area contributed by atoms with Gasteiger partial charge in [-0.2, -0.15) is 0 Å². The molecule has 0 aliphatic carbocycles. The van der Waals surface area contributed by atoms with Gasteiger partial charge in [-0.1, -0.05) is 104 Å². The minimum atomic E-state index is -0.684. The Balaban J connectivity index is 1.66. The van der Waals surface area contributed by atoms with Crippen LogP contribution in [0.25, 0.3) is 16.6 Å². The molecule has 5 nitrogen and oxygen atoms in total. The van der Waals surface area contributed by atoms with E-state index in [1.165, 1.54) is 11.8 Å². The molecule has 1 atom stereocenters. The number of benzene rings is 4. The SMILES string of the molecule is Cc1ccc(NC(=O)C(Sc2nc3ccccc3c(=O)n2-c2ccccc2C(C)C)c2ccccc2)cc1Cl. The summed E-state index contributed by atoms with van der Waals surface area (Å²) in [6.45, 7) is 6.10. The molecule has 1 aromatic heterocycles. The van der Waals surface area contributed by atoms with Crippen molar-refractivity contribution in [3.05, 3.63) is 129 Å². The van der Waals surface area contributed by atoms with Crippen LogP contribution in [0.1, 0.15) is 41.7 Å². The highest BCUT2D eigenvalue weighted by Crippen LogP contribution is 2.37. The van der Waals surface area contributed by atoms with E-state index in [-0.39, 0.29) is 17.4 Å². The summed E-state index contributed by atoms with van der Waals surface area (Å²) in [7, 11) is 0. The van der Waals surface area contributed by atoms with E-state index in [2.05, 4.69) is 19.2 Å². The van der Waals surface area contributed by atoms with Gasteiger partial charge in [0.05, 0.1) is 16.6 Å². The monoisotopic (exact) mass is 553 g/mol. The first-order valence-electron chi connectivity index (χ1n) is 12.7. The molecular formula is C32H28ClN3O2S. The lowest BCUT2D eigenvalue weighted by atomic mass is 10.0. The fourth-order valence-electron chi connectivity index (χ4n) is 4.47. The fraction of sp³-hybridized carbons (Fsp3) is 0.156. The number of para-hydroxylation sites is 2. The van der Waals surface area contributed by atoms with Crippen LogP contribution in [-0.4, -0.2) is 15.5 Å². The molecule has 0 aliphatic heterocycles. The zero-order chi connectivity index (χ0) is 27.5. The smallest absolute Gasteiger partial charge is 0.266 e. The van der Waals surface area contributed by atoms with Crippen molar-refractivity contribution in [1.29, 1.82) is 0 Å². The van der Waals surface area contributed by atoms with Crippen molar-refractivity contribution < 1.29 is 4.79 Å². The van der Waals surface area contributed by atoms with E-state index in [1.807, 2.05) is 91.9 Å². The Kier molecular flexibility index (Phi) is 7.87. The van der Waals surface area contributed by atoms with Gasteiger partial charge >= 0.3 is 0 Å². The van der Waals surface area contributed by atoms with Gasteiger partial charge < -0.3 is 5.32 Å². The summed E-state index contributed by atoms with van der Waals surface area (Å²) in [5.74, 6) is -0.0610. The van der Waals surface area contributed by atoms with Crippen molar-refractivity contribution in [3.63, 3.8) is 0 Å². The fourth-order valence-corrected chi connectivity index (χ4v) is 5.76. The van der Waals surface area contributed by atoms with Crippen molar-refractivity contribution in [2.24, 2.45) is 0 Å². The van der Waals surface area contributed by atoms with Gasteiger partial charge in [-0.05, 0) is 59.9 Å². The van der Waals surface area contributed by atoms with Crippen LogP contribution in [0.2, 0.25) is 5.02 Å². The molecule has 0 fully saturated rings. The third-order valence-electron chi connectivity index (χ3n) is 6.55. The summed E-state index contributed by atoms with van der Waals surface area (Å²) >= 11 is 7.58. The summed E-state index contributed by atoms with van der Waals surface area (Å²) in [6.07, 6.45) is 0. The van der Waals surface area contributed by atoms with E-state index in [0.29, 0.717) is 26.8 Å². The number of carbonyl (C=O) groups is 1. The molecule has 196 valence electrons. The Morgan fingerprint density at radius 1 is 0.923 bits per heavy atom. The number of anilines is 1. The molecule has 7 heteroatoms. The van der Waals surface area contributed by atoms with Crippen molar-refractivity contribution in [1.82, 2.24) is 9.55 Å². The molecule has 39 heavy (non-hydrogen) atoms. The van der Waals surface area contributed by atoms with Crippen molar-refractivity contribution in [2.75, 3.05) is 5.32 Å². The van der Waals surface area contributed by atoms with E-state index in [9.17, 15) is 9.59 Å². The topological polar surface area (TPSA) is 64.0 Å². The molecule has 0 bridgehead atoms. The van der Waals surface area contributed by atoms with Crippen LogP contribution in [0, 0.1) is 6.92 Å². The Labute approximate surface area is 236 Å². The number of aromatic nitrogens is 2. The van der Waals surface area contributed by atoms with Gasteiger partial charge in [-0.25, -0.2) is 4.98 Å². The average Bonchev–Trinajstić information content (AvgIpc) is 2.94. The van der Waals surface area contributed by atoms with Gasteiger partial charge in [0.2, 0.25) is 5.91 Å². The van der Waals surface area contributed by atoms with Crippen LogP contribution in [0.4, 0.5) is 5.69 Å². The predicted octanol–water partition coefficient (Wildman–Crippen LogP) is 7.94. The van der Waals surface area contributed by atoms with Gasteiger partial charge in [-0.15, -0.1) is 0 Å². The molecule has 1 heterocycles. The molecule has 1 N–H and O–H groups in total. The highest BCUT2D eigenvalue weighted by atomic mass is 35.5. The molecule has 1 unspecified atom stereocenters. The Morgan fingerprint density at radius 2 is 1.62 bits per heavy atom. The largest absolute Gasteiger partial charge is 0.325 e. The Hall–Kier alpha value is -3.87. The van der Waals surface area contributed by atoms with E-state index in [1.54, 1.807) is 16.7 Å². The van der Waals surface area contributed by atoms with Crippen LogP contribution < -0.4 is 10.9 Å². The lowest BCUT2D eigenvalue weighted by Gasteiger charge is -2.21. The van der Waals surface area contributed by atoms with E-state index < -0.39 is 5.25 Å². The van der Waals surface area contributed by atoms with Crippen molar-refractivity contribution >= 4 is 45.9 Å². The van der Waals surface area contributed by atoms with Crippen LogP contribution in [0.15, 0.2) is 107 Å². The molecule has 0 aliphatic rings. The zero-order valence-corrected chi connectivity index (χ0v) is 23.5. The molecule has 0 radical (unpaired) electrons. The van der Waals surface area contributed by atoms with E-state index >= 15 is 0 Å². The third kappa shape index (κ3) is 5.63. The lowest BCUT2D eigenvalue weighted by molar-refractivity contribution is -0.115. The number of hydrogen-bond acceptors (Lipinski definition) is 4. The highest BCUT2D eigenvalue weighted by Gasteiger charge is 2.26. The molecule has 1 amide bonds. The Morgan fingerprint density at radius 3 is 2.36 bits per heavy atom. The number of hydrogen-bond donors (Lipinski definition) is 1. The second kappa shape index (κ2) is 11.5. The molecular weight excluding hydrogens is 526 g/mol. The highest BCUT2D eigenvalue weighted by molar-refractivity contribution is 8.00. The van der Waals surface area contributed by atoms with Crippen molar-refractivity contribution in [3.8, 4) is 5.69 Å². The molecule has 5 aromatic rings. The number of rotatable bonds is 7. The average molecular weight is 554 g/mol. The summed E-state index contributed by atoms with van der Waals surface area (Å²) in [5, 5.41) is 3.87. The van der Waals surface area contributed by atoms with Gasteiger partial charge in [-0.3, -0.25) is 14.2 Å². The summed E-state index contributed by atoms with van der Waals surface area (Å²) in [5.41, 5.74) is 4.52. The summed E-state index contributed by atoms with van der Waals surface area (Å²) in [4.78, 5) is 32.7. The van der Waals surface area contributed by atoms with Crippen LogP contribution >= 0.6 is 23.4 Å². The minimum absolute atomic E-state index is 0.172. The number of halogens is 1. The number of carbonyl (C=O) groups excluding carboxylic acids is 1. The van der Waals surface area contributed by atoms with Crippen LogP contribution in [0.3, 0.4) is 0 Å². The second-order valence-corrected chi connectivity index (χ2v) is 11.1. The first-order valence-corrected chi connectivity index (χ1v) is 14.0. The third-order valence-corrected chi connectivity index (χ3v) is 8.16. The standard InChI is InChI=1S/C32H28ClN3O2S/c1-20(2)24-13-8-10-16-28(24)36-31(38)25-14-7-9-15-27(25)35-32(36)39-29(22-11-5-4-6-12-22)30(37)34-23-18-17-21(3)26(33)19-23/h4-20,29H,1-3H3,(H,34,37). The van der Waals surface area contributed by atoms with Gasteiger partial charge in [0.25, 0.3) is 5.56 Å². The molecule has 5 rings (SSSR count). The minimum Gasteiger partial charge on any atom is -0.325 e. The normalized spacial score (nSPS) is 12.0. The maximum atomic E-state index is 14.0. The van der Waals surface area contributed by atoms with Gasteiger partial charge in [0.1, 0.15) is 5.25 Å². The zero-order valence-electron chi connectivity index (χ0n) is 21.9. The number of fused-ring (bicyclic) bond motifs is 1. The second-order valence-electron chi connectivity index (χ2n) is 9.63. The van der Waals surface area contributed by atoms with Gasteiger partial charge in [0.15, 0.2) is 5.16 Å². The number of nitrogens with one attached hydrogen (secondary N) is 1. The molecule has 0 spiro atoms. The van der Waals surface area contributed by atoms with Crippen LogP contribution in [-0.2, 0) is 4.79 Å². The maximum Gasteiger partial charge on any atom is 0.266 e. The lowest BCUT2D eigenvalue weighted by Crippen LogP contribution is -2.25. The van der Waals surface area contributed by atoms with Crippen molar-refractivity contribution in [2.45, 2.75) is 37.1 Å². The first kappa shape index (κ1) is 26.7. The number of amides is 1.